The standard InChI is InChI=1S/C13H16BrN3OS/c1-3-15-12(7-10-6-9(14)8-19-10)11-4-5-13(18-2)17-16-11/h4-6,8,12,15H,3,7H2,1-2H3. The third-order valence-electron chi connectivity index (χ3n) is 2.70. The van der Waals surface area contributed by atoms with Crippen LogP contribution in [0.2, 0.25) is 0 Å². The van der Waals surface area contributed by atoms with Gasteiger partial charge in [0.25, 0.3) is 0 Å². The average Bonchev–Trinajstić information content (AvgIpc) is 2.84. The minimum Gasteiger partial charge on any atom is -0.480 e. The number of nitrogens with zero attached hydrogens (tertiary/aromatic N) is 2. The second-order valence-electron chi connectivity index (χ2n) is 4.05. The van der Waals surface area contributed by atoms with Crippen molar-refractivity contribution in [2.75, 3.05) is 13.7 Å². The molecule has 0 amide bonds. The molecule has 2 heterocycles. The fourth-order valence-corrected chi connectivity index (χ4v) is 3.31. The number of nitrogens with one attached hydrogen (secondary N) is 1. The van der Waals surface area contributed by atoms with E-state index in [0.717, 1.165) is 23.1 Å². The van der Waals surface area contributed by atoms with E-state index in [9.17, 15) is 0 Å². The van der Waals surface area contributed by atoms with Crippen LogP contribution in [0.25, 0.3) is 0 Å². The van der Waals surface area contributed by atoms with Gasteiger partial charge in [-0.2, -0.15) is 5.10 Å². The average molecular weight is 342 g/mol. The van der Waals surface area contributed by atoms with Crippen molar-refractivity contribution >= 4 is 27.3 Å². The van der Waals surface area contributed by atoms with Crippen LogP contribution >= 0.6 is 27.3 Å². The van der Waals surface area contributed by atoms with Gasteiger partial charge in [0, 0.05) is 27.2 Å². The Morgan fingerprint density at radius 3 is 2.79 bits per heavy atom. The van der Waals surface area contributed by atoms with E-state index < -0.39 is 0 Å². The fraction of sp³-hybridized carbons (Fsp3) is 0.385. The molecule has 0 spiro atoms. The van der Waals surface area contributed by atoms with Crippen molar-refractivity contribution in [2.24, 2.45) is 0 Å². The molecule has 19 heavy (non-hydrogen) atoms. The zero-order chi connectivity index (χ0) is 13.7. The number of rotatable bonds is 6. The molecule has 2 aromatic rings. The highest BCUT2D eigenvalue weighted by Gasteiger charge is 2.14. The Labute approximate surface area is 125 Å². The van der Waals surface area contributed by atoms with E-state index in [0.29, 0.717) is 5.88 Å². The predicted octanol–water partition coefficient (Wildman–Crippen LogP) is 3.20. The smallest absolute Gasteiger partial charge is 0.233 e. The zero-order valence-corrected chi connectivity index (χ0v) is 13.3. The molecule has 0 aromatic carbocycles. The normalized spacial score (nSPS) is 12.4. The van der Waals surface area contributed by atoms with E-state index in [1.807, 2.05) is 12.1 Å². The topological polar surface area (TPSA) is 47.0 Å². The number of hydrogen-bond acceptors (Lipinski definition) is 5. The summed E-state index contributed by atoms with van der Waals surface area (Å²) in [7, 11) is 1.59. The van der Waals surface area contributed by atoms with E-state index in [1.165, 1.54) is 4.88 Å². The van der Waals surface area contributed by atoms with Gasteiger partial charge in [-0.05, 0) is 34.6 Å². The summed E-state index contributed by atoms with van der Waals surface area (Å²) in [6.07, 6.45) is 0.908. The molecule has 2 rings (SSSR count). The van der Waals surface area contributed by atoms with E-state index >= 15 is 0 Å². The monoisotopic (exact) mass is 341 g/mol. The summed E-state index contributed by atoms with van der Waals surface area (Å²) < 4.78 is 6.16. The van der Waals surface area contributed by atoms with Gasteiger partial charge in [-0.25, -0.2) is 0 Å². The molecule has 1 unspecified atom stereocenters. The highest BCUT2D eigenvalue weighted by atomic mass is 79.9. The molecule has 1 atom stereocenters. The van der Waals surface area contributed by atoms with Crippen molar-refractivity contribution in [1.82, 2.24) is 15.5 Å². The molecule has 102 valence electrons. The van der Waals surface area contributed by atoms with Gasteiger partial charge < -0.3 is 10.1 Å². The summed E-state index contributed by atoms with van der Waals surface area (Å²) in [6.45, 7) is 2.99. The quantitative estimate of drug-likeness (QED) is 0.876. The molecule has 0 bridgehead atoms. The minimum absolute atomic E-state index is 0.175. The highest BCUT2D eigenvalue weighted by molar-refractivity contribution is 9.10. The second kappa shape index (κ2) is 6.98. The van der Waals surface area contributed by atoms with Crippen LogP contribution in [0.4, 0.5) is 0 Å². The van der Waals surface area contributed by atoms with Gasteiger partial charge in [-0.15, -0.1) is 16.4 Å². The maximum atomic E-state index is 5.03. The molecule has 2 aromatic heterocycles. The van der Waals surface area contributed by atoms with Crippen molar-refractivity contribution in [2.45, 2.75) is 19.4 Å². The van der Waals surface area contributed by atoms with Gasteiger partial charge in [0.05, 0.1) is 18.8 Å². The van der Waals surface area contributed by atoms with Gasteiger partial charge in [-0.3, -0.25) is 0 Å². The molecule has 0 radical (unpaired) electrons. The zero-order valence-electron chi connectivity index (χ0n) is 10.9. The van der Waals surface area contributed by atoms with Crippen LogP contribution in [0.5, 0.6) is 5.88 Å². The lowest BCUT2D eigenvalue weighted by molar-refractivity contribution is 0.389. The van der Waals surface area contributed by atoms with E-state index in [-0.39, 0.29) is 6.04 Å². The van der Waals surface area contributed by atoms with Crippen molar-refractivity contribution in [3.05, 3.63) is 38.6 Å². The van der Waals surface area contributed by atoms with Gasteiger partial charge in [-0.1, -0.05) is 6.92 Å². The van der Waals surface area contributed by atoms with Gasteiger partial charge in [0.2, 0.25) is 5.88 Å². The number of aromatic nitrogens is 2. The third kappa shape index (κ3) is 3.99. The summed E-state index contributed by atoms with van der Waals surface area (Å²) in [5.74, 6) is 0.540. The Bertz CT molecular complexity index is 515. The van der Waals surface area contributed by atoms with Crippen LogP contribution < -0.4 is 10.1 Å². The highest BCUT2D eigenvalue weighted by Crippen LogP contribution is 2.25. The number of halogens is 1. The molecule has 1 N–H and O–H groups in total. The summed E-state index contributed by atoms with van der Waals surface area (Å²) in [5.41, 5.74) is 0.937. The van der Waals surface area contributed by atoms with E-state index in [1.54, 1.807) is 18.4 Å². The van der Waals surface area contributed by atoms with Crippen LogP contribution in [-0.2, 0) is 6.42 Å². The number of methoxy groups -OCH3 is 1. The number of ether oxygens (including phenoxy) is 1. The Morgan fingerprint density at radius 2 is 2.26 bits per heavy atom. The second-order valence-corrected chi connectivity index (χ2v) is 5.96. The summed E-state index contributed by atoms with van der Waals surface area (Å²) >= 11 is 5.23. The molecule has 0 saturated heterocycles. The third-order valence-corrected chi connectivity index (χ3v) is 4.42. The Balaban J connectivity index is 2.13. The Hall–Kier alpha value is -0.980. The van der Waals surface area contributed by atoms with Crippen molar-refractivity contribution in [3.63, 3.8) is 0 Å². The SMILES string of the molecule is CCNC(Cc1cc(Br)cs1)c1ccc(OC)nn1. The Morgan fingerprint density at radius 1 is 1.42 bits per heavy atom. The number of thiophene rings is 1. The Kier molecular flexibility index (Phi) is 5.30. The van der Waals surface area contributed by atoms with Crippen LogP contribution in [0.1, 0.15) is 23.5 Å². The molecule has 0 fully saturated rings. The fourth-order valence-electron chi connectivity index (χ4n) is 1.81. The largest absolute Gasteiger partial charge is 0.480 e. The maximum absolute atomic E-state index is 5.03. The number of hydrogen-bond donors (Lipinski definition) is 1. The molecule has 6 heteroatoms. The van der Waals surface area contributed by atoms with Crippen molar-refractivity contribution in [1.29, 1.82) is 0 Å². The predicted molar refractivity (Wildman–Crippen MR) is 80.7 cm³/mol. The molecular weight excluding hydrogens is 326 g/mol. The maximum Gasteiger partial charge on any atom is 0.233 e. The van der Waals surface area contributed by atoms with Crippen LogP contribution in [0.3, 0.4) is 0 Å². The molecule has 0 aliphatic rings. The van der Waals surface area contributed by atoms with E-state index in [2.05, 4.69) is 49.8 Å². The lowest BCUT2D eigenvalue weighted by Gasteiger charge is -2.16. The first-order valence-corrected chi connectivity index (χ1v) is 7.74. The van der Waals surface area contributed by atoms with Gasteiger partial charge >= 0.3 is 0 Å². The number of likely N-dealkylation sites (N-methyl/N-ethyl adjacent to an activating group) is 1. The molecule has 4 nitrogen and oxygen atoms in total. The summed E-state index contributed by atoms with van der Waals surface area (Å²) in [4.78, 5) is 1.32. The van der Waals surface area contributed by atoms with Gasteiger partial charge in [0.15, 0.2) is 0 Å². The minimum atomic E-state index is 0.175. The molecular formula is C13H16BrN3OS. The first-order chi connectivity index (χ1) is 9.22. The van der Waals surface area contributed by atoms with Crippen LogP contribution in [0, 0.1) is 0 Å². The van der Waals surface area contributed by atoms with Crippen molar-refractivity contribution in [3.8, 4) is 5.88 Å². The van der Waals surface area contributed by atoms with Crippen LogP contribution in [0.15, 0.2) is 28.1 Å². The first kappa shape index (κ1) is 14.4. The first-order valence-electron chi connectivity index (χ1n) is 6.06. The lowest BCUT2D eigenvalue weighted by Crippen LogP contribution is -2.23. The summed E-state index contributed by atoms with van der Waals surface area (Å²) in [5, 5.41) is 13.8. The summed E-state index contributed by atoms with van der Waals surface area (Å²) in [6, 6.07) is 6.12. The lowest BCUT2D eigenvalue weighted by atomic mass is 10.1. The van der Waals surface area contributed by atoms with Crippen molar-refractivity contribution < 1.29 is 4.74 Å². The molecule has 0 saturated carbocycles. The molecule has 0 aliphatic heterocycles. The van der Waals surface area contributed by atoms with E-state index in [4.69, 9.17) is 4.74 Å². The molecule has 0 aliphatic carbocycles. The van der Waals surface area contributed by atoms with Crippen LogP contribution in [-0.4, -0.2) is 23.9 Å². The van der Waals surface area contributed by atoms with Gasteiger partial charge in [0.1, 0.15) is 0 Å².